The van der Waals surface area contributed by atoms with Crippen molar-refractivity contribution >= 4 is 51.1 Å². The Morgan fingerprint density at radius 3 is 2.70 bits per heavy atom. The van der Waals surface area contributed by atoms with E-state index in [1.54, 1.807) is 11.3 Å². The first kappa shape index (κ1) is 22.5. The van der Waals surface area contributed by atoms with Crippen LogP contribution in [0, 0.1) is 6.92 Å². The normalized spacial score (nSPS) is 11.9. The maximum atomic E-state index is 10.9. The lowest BCUT2D eigenvalue weighted by atomic mass is 10.6. The fourth-order valence-corrected chi connectivity index (χ4v) is 2.65. The summed E-state index contributed by atoms with van der Waals surface area (Å²) in [4.78, 5) is 9.88. The van der Waals surface area contributed by atoms with E-state index in [1.165, 1.54) is 11.1 Å². The molecule has 0 unspecified atom stereocenters. The van der Waals surface area contributed by atoms with E-state index in [0.717, 1.165) is 11.6 Å². The van der Waals surface area contributed by atoms with Gasteiger partial charge in [-0.15, -0.1) is 35.3 Å². The molecule has 0 amide bonds. The second kappa shape index (κ2) is 12.0. The number of guanidine groups is 1. The first-order chi connectivity index (χ1) is 10.4. The maximum absolute atomic E-state index is 10.9. The molecule has 7 nitrogen and oxygen atoms in total. The standard InChI is InChI=1S/C13H24N4O3S2.HI/c1-4-14-13(17-10-12-16-9-11(2)21-12)15-5-6-20-7-8-22(3,18)19;/h9H,4-8,10H2,1-3H3,(H2,14,15,17);1H. The molecule has 0 saturated heterocycles. The quantitative estimate of drug-likeness (QED) is 0.241. The molecule has 1 heterocycles. The van der Waals surface area contributed by atoms with E-state index in [2.05, 4.69) is 20.6 Å². The summed E-state index contributed by atoms with van der Waals surface area (Å²) in [5.74, 6) is 0.743. The first-order valence-electron chi connectivity index (χ1n) is 7.09. The van der Waals surface area contributed by atoms with Crippen LogP contribution in [0.2, 0.25) is 0 Å². The third-order valence-electron chi connectivity index (χ3n) is 2.52. The van der Waals surface area contributed by atoms with E-state index in [4.69, 9.17) is 4.74 Å². The molecule has 134 valence electrons. The minimum Gasteiger partial charge on any atom is -0.379 e. The van der Waals surface area contributed by atoms with Crippen LogP contribution in [0.3, 0.4) is 0 Å². The zero-order valence-electron chi connectivity index (χ0n) is 13.7. The molecule has 0 fully saturated rings. The van der Waals surface area contributed by atoms with E-state index >= 15 is 0 Å². The minimum absolute atomic E-state index is 0. The summed E-state index contributed by atoms with van der Waals surface area (Å²) < 4.78 is 27.2. The molecule has 10 heteroatoms. The number of rotatable bonds is 9. The number of aromatic nitrogens is 1. The summed E-state index contributed by atoms with van der Waals surface area (Å²) in [6.45, 7) is 6.51. The number of nitrogens with zero attached hydrogens (tertiary/aromatic N) is 2. The summed E-state index contributed by atoms with van der Waals surface area (Å²) >= 11 is 1.63. The van der Waals surface area contributed by atoms with Gasteiger partial charge < -0.3 is 15.4 Å². The molecule has 0 aromatic carbocycles. The summed E-state index contributed by atoms with van der Waals surface area (Å²) in [5.41, 5.74) is 0. The van der Waals surface area contributed by atoms with Crippen molar-refractivity contribution < 1.29 is 13.2 Å². The number of aryl methyl sites for hydroxylation is 1. The van der Waals surface area contributed by atoms with Gasteiger partial charge in [0.15, 0.2) is 5.96 Å². The second-order valence-corrected chi connectivity index (χ2v) is 8.31. The first-order valence-corrected chi connectivity index (χ1v) is 9.97. The SMILES string of the molecule is CCNC(=NCc1ncc(C)s1)NCCOCCS(C)(=O)=O.I. The van der Waals surface area contributed by atoms with E-state index in [1.807, 2.05) is 20.0 Å². The number of halogens is 1. The van der Waals surface area contributed by atoms with Crippen LogP contribution in [0.1, 0.15) is 16.8 Å². The molecule has 0 aliphatic carbocycles. The number of nitrogens with one attached hydrogen (secondary N) is 2. The van der Waals surface area contributed by atoms with E-state index in [9.17, 15) is 8.42 Å². The maximum Gasteiger partial charge on any atom is 0.191 e. The molecule has 1 rings (SSSR count). The van der Waals surface area contributed by atoms with Crippen molar-refractivity contribution in [3.8, 4) is 0 Å². The Kier molecular flexibility index (Phi) is 11.7. The van der Waals surface area contributed by atoms with Crippen molar-refractivity contribution in [2.75, 3.05) is 38.3 Å². The Bertz CT molecular complexity index is 576. The highest BCUT2D eigenvalue weighted by Gasteiger charge is 2.02. The van der Waals surface area contributed by atoms with Crippen LogP contribution in [0.25, 0.3) is 0 Å². The van der Waals surface area contributed by atoms with E-state index in [0.29, 0.717) is 25.7 Å². The third kappa shape index (κ3) is 11.7. The molecule has 0 aliphatic heterocycles. The molecule has 0 aliphatic rings. The molecule has 0 bridgehead atoms. The molecule has 23 heavy (non-hydrogen) atoms. The Morgan fingerprint density at radius 2 is 2.13 bits per heavy atom. The smallest absolute Gasteiger partial charge is 0.191 e. The van der Waals surface area contributed by atoms with Gasteiger partial charge in [0.2, 0.25) is 0 Å². The number of thiazole rings is 1. The van der Waals surface area contributed by atoms with Crippen LogP contribution >= 0.6 is 35.3 Å². The van der Waals surface area contributed by atoms with E-state index < -0.39 is 9.84 Å². The third-order valence-corrected chi connectivity index (χ3v) is 4.33. The largest absolute Gasteiger partial charge is 0.379 e. The molecular formula is C13H25IN4O3S2. The van der Waals surface area contributed by atoms with Crippen LogP contribution in [0.15, 0.2) is 11.2 Å². The summed E-state index contributed by atoms with van der Waals surface area (Å²) in [7, 11) is -2.96. The molecule has 1 aromatic heterocycles. The van der Waals surface area contributed by atoms with Gasteiger partial charge in [-0.2, -0.15) is 0 Å². The highest BCUT2D eigenvalue weighted by molar-refractivity contribution is 14.0. The van der Waals surface area contributed by atoms with Crippen LogP contribution in [-0.2, 0) is 21.1 Å². The number of hydrogen-bond donors (Lipinski definition) is 2. The average molecular weight is 476 g/mol. The van der Waals surface area contributed by atoms with Crippen molar-refractivity contribution in [2.24, 2.45) is 4.99 Å². The van der Waals surface area contributed by atoms with Crippen LogP contribution in [0.4, 0.5) is 0 Å². The van der Waals surface area contributed by atoms with E-state index in [-0.39, 0.29) is 36.3 Å². The molecule has 1 aromatic rings. The highest BCUT2D eigenvalue weighted by atomic mass is 127. The summed E-state index contributed by atoms with van der Waals surface area (Å²) in [5, 5.41) is 7.25. The molecule has 2 N–H and O–H groups in total. The van der Waals surface area contributed by atoms with Gasteiger partial charge >= 0.3 is 0 Å². The fraction of sp³-hybridized carbons (Fsp3) is 0.692. The zero-order chi connectivity index (χ0) is 16.4. The predicted octanol–water partition coefficient (Wildman–Crippen LogP) is 1.19. The number of ether oxygens (including phenoxy) is 1. The molecule has 0 radical (unpaired) electrons. The average Bonchev–Trinajstić information content (AvgIpc) is 2.84. The Balaban J connectivity index is 0.00000484. The fourth-order valence-electron chi connectivity index (χ4n) is 1.52. The molecular weight excluding hydrogens is 451 g/mol. The monoisotopic (exact) mass is 476 g/mol. The minimum atomic E-state index is -2.96. The number of aliphatic imine (C=N–C) groups is 1. The van der Waals surface area contributed by atoms with Gasteiger partial charge in [0.25, 0.3) is 0 Å². The lowest BCUT2D eigenvalue weighted by Gasteiger charge is -2.11. The number of sulfone groups is 1. The van der Waals surface area contributed by atoms with Gasteiger partial charge in [-0.3, -0.25) is 0 Å². The van der Waals surface area contributed by atoms with Crippen LogP contribution in [-0.4, -0.2) is 57.7 Å². The van der Waals surface area contributed by atoms with Gasteiger partial charge in [-0.25, -0.2) is 18.4 Å². The van der Waals surface area contributed by atoms with Crippen LogP contribution < -0.4 is 10.6 Å². The van der Waals surface area contributed by atoms with Crippen molar-refractivity contribution in [1.82, 2.24) is 15.6 Å². The summed E-state index contributed by atoms with van der Waals surface area (Å²) in [6.07, 6.45) is 3.04. The predicted molar refractivity (Wildman–Crippen MR) is 106 cm³/mol. The topological polar surface area (TPSA) is 92.7 Å². The van der Waals surface area contributed by atoms with Crippen LogP contribution in [0.5, 0.6) is 0 Å². The van der Waals surface area contributed by atoms with Gasteiger partial charge in [0, 0.05) is 30.4 Å². The van der Waals surface area contributed by atoms with Crippen molar-refractivity contribution in [3.05, 3.63) is 16.1 Å². The van der Waals surface area contributed by atoms with Crippen molar-refractivity contribution in [1.29, 1.82) is 0 Å². The zero-order valence-corrected chi connectivity index (χ0v) is 17.6. The Morgan fingerprint density at radius 1 is 1.39 bits per heavy atom. The lowest BCUT2D eigenvalue weighted by molar-refractivity contribution is 0.154. The van der Waals surface area contributed by atoms with Crippen molar-refractivity contribution in [2.45, 2.75) is 20.4 Å². The molecule has 0 spiro atoms. The Hall–Kier alpha value is -0.460. The summed E-state index contributed by atoms with van der Waals surface area (Å²) in [6, 6.07) is 0. The second-order valence-electron chi connectivity index (χ2n) is 4.73. The van der Waals surface area contributed by atoms with Gasteiger partial charge in [-0.05, 0) is 13.8 Å². The highest BCUT2D eigenvalue weighted by Crippen LogP contribution is 2.11. The Labute approximate surface area is 159 Å². The number of hydrogen-bond acceptors (Lipinski definition) is 6. The molecule has 0 atom stereocenters. The molecule has 0 saturated carbocycles. The lowest BCUT2D eigenvalue weighted by Crippen LogP contribution is -2.39. The van der Waals surface area contributed by atoms with Crippen molar-refractivity contribution in [3.63, 3.8) is 0 Å². The van der Waals surface area contributed by atoms with Gasteiger partial charge in [0.1, 0.15) is 14.8 Å². The van der Waals surface area contributed by atoms with Gasteiger partial charge in [-0.1, -0.05) is 0 Å². The van der Waals surface area contributed by atoms with Gasteiger partial charge in [0.05, 0.1) is 25.5 Å².